The molecule has 2 aromatic carbocycles. The molecule has 6 nitrogen and oxygen atoms in total. The van der Waals surface area contributed by atoms with E-state index in [1.165, 1.54) is 0 Å². The quantitative estimate of drug-likeness (QED) is 0.612. The maximum absolute atomic E-state index is 12.3. The molecule has 0 N–H and O–H groups in total. The molecule has 27 heavy (non-hydrogen) atoms. The van der Waals surface area contributed by atoms with Crippen molar-refractivity contribution in [1.82, 2.24) is 15.0 Å². The molecule has 3 rings (SSSR count). The van der Waals surface area contributed by atoms with Gasteiger partial charge in [0.15, 0.2) is 0 Å². The third kappa shape index (κ3) is 4.16. The number of aryl methyl sites for hydroxylation is 2. The fourth-order valence-corrected chi connectivity index (χ4v) is 2.80. The first-order valence-corrected chi connectivity index (χ1v) is 8.89. The number of rotatable bonds is 6. The maximum atomic E-state index is 12.3. The van der Waals surface area contributed by atoms with Crippen LogP contribution in [0.5, 0.6) is 11.6 Å². The predicted octanol–water partition coefficient (Wildman–Crippen LogP) is 4.22. The van der Waals surface area contributed by atoms with Gasteiger partial charge in [0.05, 0.1) is 13.2 Å². The Labute approximate surface area is 158 Å². The third-order valence-electron chi connectivity index (χ3n) is 4.30. The van der Waals surface area contributed by atoms with E-state index in [2.05, 4.69) is 16.4 Å². The summed E-state index contributed by atoms with van der Waals surface area (Å²) in [5, 5.41) is 8.14. The minimum absolute atomic E-state index is 0.0753. The summed E-state index contributed by atoms with van der Waals surface area (Å²) in [5.41, 5.74) is 4.30. The molecule has 140 valence electrons. The lowest BCUT2D eigenvalue weighted by Gasteiger charge is -2.14. The summed E-state index contributed by atoms with van der Waals surface area (Å²) in [5.74, 6) is 0.411. The second-order valence-corrected chi connectivity index (χ2v) is 6.41. The molecule has 1 aromatic heterocycles. The molecule has 0 amide bonds. The molecule has 1 heterocycles. The van der Waals surface area contributed by atoms with Gasteiger partial charge < -0.3 is 9.47 Å². The lowest BCUT2D eigenvalue weighted by Crippen LogP contribution is -2.09. The highest BCUT2D eigenvalue weighted by molar-refractivity contribution is 5.89. The number of carbonyl (C=O) groups excluding carboxylic acids is 1. The van der Waals surface area contributed by atoms with E-state index < -0.39 is 5.97 Å². The number of hydrogen-bond donors (Lipinski definition) is 0. The van der Waals surface area contributed by atoms with E-state index in [1.807, 2.05) is 57.2 Å². The van der Waals surface area contributed by atoms with Crippen molar-refractivity contribution in [3.63, 3.8) is 0 Å². The molecule has 0 aliphatic rings. The summed E-state index contributed by atoms with van der Waals surface area (Å²) in [4.78, 5) is 12.3. The first kappa shape index (κ1) is 18.6. The van der Waals surface area contributed by atoms with E-state index in [-0.39, 0.29) is 18.2 Å². The predicted molar refractivity (Wildman–Crippen MR) is 102 cm³/mol. The van der Waals surface area contributed by atoms with Gasteiger partial charge in [0, 0.05) is 0 Å². The van der Waals surface area contributed by atoms with Gasteiger partial charge in [-0.25, -0.2) is 9.48 Å². The van der Waals surface area contributed by atoms with Crippen LogP contribution in [0.2, 0.25) is 0 Å². The summed E-state index contributed by atoms with van der Waals surface area (Å²) in [6, 6.07) is 13.9. The molecule has 6 heteroatoms. The molecule has 0 aliphatic heterocycles. The van der Waals surface area contributed by atoms with Crippen LogP contribution in [-0.4, -0.2) is 27.6 Å². The fourth-order valence-electron chi connectivity index (χ4n) is 2.80. The average Bonchev–Trinajstić information content (AvgIpc) is 3.03. The van der Waals surface area contributed by atoms with Gasteiger partial charge in [-0.05, 0) is 56.0 Å². The van der Waals surface area contributed by atoms with Gasteiger partial charge in [0.25, 0.3) is 5.88 Å². The molecule has 0 radical (unpaired) electrons. The van der Waals surface area contributed by atoms with Gasteiger partial charge in [-0.15, -0.1) is 5.10 Å². The van der Waals surface area contributed by atoms with Gasteiger partial charge in [0.2, 0.25) is 5.69 Å². The van der Waals surface area contributed by atoms with Crippen molar-refractivity contribution in [1.29, 1.82) is 0 Å². The van der Waals surface area contributed by atoms with Crippen LogP contribution >= 0.6 is 0 Å². The summed E-state index contributed by atoms with van der Waals surface area (Å²) < 4.78 is 12.8. The Kier molecular flexibility index (Phi) is 5.54. The first-order chi connectivity index (χ1) is 13.0. The number of benzene rings is 2. The molecule has 0 fully saturated rings. The zero-order valence-corrected chi connectivity index (χ0v) is 16.0. The topological polar surface area (TPSA) is 66.2 Å². The molecular formula is C21H23N3O3. The summed E-state index contributed by atoms with van der Waals surface area (Å²) in [6.45, 7) is 8.46. The van der Waals surface area contributed by atoms with Crippen molar-refractivity contribution in [3.05, 3.63) is 70.4 Å². The van der Waals surface area contributed by atoms with Crippen LogP contribution in [-0.2, 0) is 11.3 Å². The Morgan fingerprint density at radius 1 is 1.11 bits per heavy atom. The minimum Gasteiger partial charge on any atom is -0.461 e. The minimum atomic E-state index is -0.547. The maximum Gasteiger partial charge on any atom is 0.364 e. The van der Waals surface area contributed by atoms with Crippen molar-refractivity contribution in [2.75, 3.05) is 6.61 Å². The van der Waals surface area contributed by atoms with Crippen molar-refractivity contribution < 1.29 is 14.3 Å². The monoisotopic (exact) mass is 365 g/mol. The van der Waals surface area contributed by atoms with Crippen LogP contribution in [0.1, 0.15) is 39.7 Å². The Balaban J connectivity index is 2.02. The highest BCUT2D eigenvalue weighted by atomic mass is 16.5. The van der Waals surface area contributed by atoms with E-state index in [0.29, 0.717) is 12.3 Å². The van der Waals surface area contributed by atoms with Crippen LogP contribution in [0.15, 0.2) is 42.5 Å². The molecule has 0 bridgehead atoms. The first-order valence-electron chi connectivity index (χ1n) is 8.89. The molecule has 0 saturated heterocycles. The molecule has 0 atom stereocenters. The molecule has 0 aliphatic carbocycles. The molecule has 0 unspecified atom stereocenters. The SMILES string of the molecule is CCOC(=O)c1nnn(Cc2ccccc2)c1Oc1cc(C)cc(C)c1C. The van der Waals surface area contributed by atoms with Crippen LogP contribution in [0.3, 0.4) is 0 Å². The number of carbonyl (C=O) groups is 1. The molecule has 0 spiro atoms. The van der Waals surface area contributed by atoms with Crippen LogP contribution in [0.4, 0.5) is 0 Å². The van der Waals surface area contributed by atoms with Gasteiger partial charge in [-0.2, -0.15) is 0 Å². The van der Waals surface area contributed by atoms with Crippen molar-refractivity contribution >= 4 is 5.97 Å². The van der Waals surface area contributed by atoms with E-state index in [4.69, 9.17) is 9.47 Å². The second kappa shape index (κ2) is 8.03. The second-order valence-electron chi connectivity index (χ2n) is 6.41. The Morgan fingerprint density at radius 3 is 2.56 bits per heavy atom. The smallest absolute Gasteiger partial charge is 0.364 e. The van der Waals surface area contributed by atoms with Gasteiger partial charge in [-0.3, -0.25) is 0 Å². The number of nitrogens with zero attached hydrogens (tertiary/aromatic N) is 3. The highest BCUT2D eigenvalue weighted by Crippen LogP contribution is 2.30. The van der Waals surface area contributed by atoms with Gasteiger partial charge >= 0.3 is 5.97 Å². The Hall–Kier alpha value is -3.15. The lowest BCUT2D eigenvalue weighted by atomic mass is 10.1. The van der Waals surface area contributed by atoms with E-state index >= 15 is 0 Å². The fraction of sp³-hybridized carbons (Fsp3) is 0.286. The van der Waals surface area contributed by atoms with Crippen LogP contribution < -0.4 is 4.74 Å². The highest BCUT2D eigenvalue weighted by Gasteiger charge is 2.24. The summed E-state index contributed by atoms with van der Waals surface area (Å²) in [7, 11) is 0. The molecule has 0 saturated carbocycles. The number of esters is 1. The van der Waals surface area contributed by atoms with Crippen LogP contribution in [0, 0.1) is 20.8 Å². The zero-order valence-electron chi connectivity index (χ0n) is 16.0. The zero-order chi connectivity index (χ0) is 19.4. The lowest BCUT2D eigenvalue weighted by molar-refractivity contribution is 0.0516. The average molecular weight is 365 g/mol. The van der Waals surface area contributed by atoms with Gasteiger partial charge in [-0.1, -0.05) is 41.6 Å². The van der Waals surface area contributed by atoms with E-state index in [0.717, 1.165) is 22.3 Å². The number of ether oxygens (including phenoxy) is 2. The largest absolute Gasteiger partial charge is 0.461 e. The van der Waals surface area contributed by atoms with Crippen molar-refractivity contribution in [3.8, 4) is 11.6 Å². The van der Waals surface area contributed by atoms with E-state index in [9.17, 15) is 4.79 Å². The molecular weight excluding hydrogens is 342 g/mol. The van der Waals surface area contributed by atoms with Gasteiger partial charge in [0.1, 0.15) is 5.75 Å². The summed E-state index contributed by atoms with van der Waals surface area (Å²) >= 11 is 0. The van der Waals surface area contributed by atoms with Crippen LogP contribution in [0.25, 0.3) is 0 Å². The number of hydrogen-bond acceptors (Lipinski definition) is 5. The van der Waals surface area contributed by atoms with Crippen molar-refractivity contribution in [2.24, 2.45) is 0 Å². The Bertz CT molecular complexity index is 949. The van der Waals surface area contributed by atoms with E-state index in [1.54, 1.807) is 11.6 Å². The third-order valence-corrected chi connectivity index (χ3v) is 4.30. The Morgan fingerprint density at radius 2 is 1.85 bits per heavy atom. The molecule has 3 aromatic rings. The standard InChI is InChI=1S/C21H23N3O3/c1-5-26-21(25)19-20(27-18-12-14(2)11-15(3)16(18)4)24(23-22-19)13-17-9-7-6-8-10-17/h6-12H,5,13H2,1-4H3. The van der Waals surface area contributed by atoms with Crippen molar-refractivity contribution in [2.45, 2.75) is 34.2 Å². The summed E-state index contributed by atoms with van der Waals surface area (Å²) in [6.07, 6.45) is 0. The normalized spacial score (nSPS) is 10.7. The number of aromatic nitrogens is 3.